The second-order valence-corrected chi connectivity index (χ2v) is 12.7. The SMILES string of the molecule is Cc1c(COc2cc(OCc3cccc(C#N)c3)c(CN3CCCC4CC43CO)c3c2CCC3)cccc1-c1ccccc1. The average molecular weight is 585 g/mol. The van der Waals surface area contributed by atoms with E-state index in [9.17, 15) is 10.4 Å². The van der Waals surface area contributed by atoms with Gasteiger partial charge in [0.1, 0.15) is 24.7 Å². The lowest BCUT2D eigenvalue weighted by atomic mass is 9.96. The fourth-order valence-electron chi connectivity index (χ4n) is 7.64. The number of hydrogen-bond acceptors (Lipinski definition) is 5. The first-order valence-corrected chi connectivity index (χ1v) is 16.0. The highest BCUT2D eigenvalue weighted by atomic mass is 16.5. The van der Waals surface area contributed by atoms with Gasteiger partial charge in [-0.2, -0.15) is 5.26 Å². The monoisotopic (exact) mass is 584 g/mol. The van der Waals surface area contributed by atoms with Crippen LogP contribution in [0.2, 0.25) is 0 Å². The molecule has 1 N–H and O–H groups in total. The quantitative estimate of drug-likeness (QED) is 0.209. The molecule has 4 aromatic rings. The van der Waals surface area contributed by atoms with Crippen LogP contribution in [0.3, 0.4) is 0 Å². The lowest BCUT2D eigenvalue weighted by Crippen LogP contribution is -2.44. The Kier molecular flexibility index (Phi) is 7.89. The first-order chi connectivity index (χ1) is 21.6. The predicted molar refractivity (Wildman–Crippen MR) is 172 cm³/mol. The molecule has 2 fully saturated rings. The van der Waals surface area contributed by atoms with Crippen molar-refractivity contribution in [2.24, 2.45) is 5.92 Å². The van der Waals surface area contributed by atoms with Crippen LogP contribution >= 0.6 is 0 Å². The van der Waals surface area contributed by atoms with Crippen molar-refractivity contribution in [3.05, 3.63) is 118 Å². The molecule has 0 aromatic heterocycles. The molecule has 0 amide bonds. The molecular formula is C39H40N2O3. The maximum absolute atomic E-state index is 10.4. The van der Waals surface area contributed by atoms with Gasteiger partial charge in [0, 0.05) is 23.7 Å². The number of nitriles is 1. The summed E-state index contributed by atoms with van der Waals surface area (Å²) in [5.74, 6) is 2.37. The molecule has 0 radical (unpaired) electrons. The molecule has 224 valence electrons. The summed E-state index contributed by atoms with van der Waals surface area (Å²) in [4.78, 5) is 2.53. The van der Waals surface area contributed by atoms with Gasteiger partial charge in [-0.25, -0.2) is 0 Å². The van der Waals surface area contributed by atoms with Crippen LogP contribution in [0.4, 0.5) is 0 Å². The topological polar surface area (TPSA) is 65.7 Å². The second kappa shape index (κ2) is 12.1. The van der Waals surface area contributed by atoms with E-state index in [4.69, 9.17) is 9.47 Å². The molecule has 1 saturated heterocycles. The molecule has 3 aliphatic rings. The van der Waals surface area contributed by atoms with Crippen molar-refractivity contribution < 1.29 is 14.6 Å². The molecule has 0 bridgehead atoms. The Hall–Kier alpha value is -4.11. The number of fused-ring (bicyclic) bond motifs is 2. The summed E-state index contributed by atoms with van der Waals surface area (Å²) < 4.78 is 13.3. The van der Waals surface area contributed by atoms with Crippen molar-refractivity contribution in [2.45, 2.75) is 70.7 Å². The van der Waals surface area contributed by atoms with Gasteiger partial charge in [0.15, 0.2) is 0 Å². The van der Waals surface area contributed by atoms with Crippen molar-refractivity contribution in [2.75, 3.05) is 13.2 Å². The van der Waals surface area contributed by atoms with Crippen LogP contribution in [0.15, 0.2) is 78.9 Å². The molecule has 2 unspecified atom stereocenters. The third kappa shape index (κ3) is 5.38. The zero-order valence-corrected chi connectivity index (χ0v) is 25.5. The summed E-state index contributed by atoms with van der Waals surface area (Å²) in [6.45, 7) is 5.06. The highest BCUT2D eigenvalue weighted by Gasteiger charge is 2.59. The molecule has 2 atom stereocenters. The molecule has 4 aromatic carbocycles. The minimum absolute atomic E-state index is 0.0708. The van der Waals surface area contributed by atoms with Crippen LogP contribution in [-0.2, 0) is 32.6 Å². The number of aliphatic hydroxyl groups excluding tert-OH is 1. The average Bonchev–Trinajstić information content (AvgIpc) is 3.62. The third-order valence-corrected chi connectivity index (χ3v) is 10.2. The first-order valence-electron chi connectivity index (χ1n) is 16.0. The molecule has 1 saturated carbocycles. The van der Waals surface area contributed by atoms with Crippen LogP contribution < -0.4 is 9.47 Å². The normalized spacial score (nSPS) is 20.4. The highest BCUT2D eigenvalue weighted by molar-refractivity contribution is 5.68. The van der Waals surface area contributed by atoms with E-state index < -0.39 is 0 Å². The van der Waals surface area contributed by atoms with Crippen LogP contribution in [-0.4, -0.2) is 28.7 Å². The van der Waals surface area contributed by atoms with Crippen LogP contribution in [0, 0.1) is 24.2 Å². The Labute approximate surface area is 260 Å². The zero-order valence-electron chi connectivity index (χ0n) is 25.5. The minimum atomic E-state index is -0.0708. The van der Waals surface area contributed by atoms with Gasteiger partial charge < -0.3 is 14.6 Å². The zero-order chi connectivity index (χ0) is 30.1. The molecule has 2 aliphatic carbocycles. The Bertz CT molecular complexity index is 1710. The largest absolute Gasteiger partial charge is 0.488 e. The van der Waals surface area contributed by atoms with E-state index in [2.05, 4.69) is 66.4 Å². The van der Waals surface area contributed by atoms with Gasteiger partial charge in [0.05, 0.1) is 18.2 Å². The predicted octanol–water partition coefficient (Wildman–Crippen LogP) is 7.53. The Balaban J connectivity index is 1.21. The number of rotatable bonds is 10. The number of benzene rings is 4. The summed E-state index contributed by atoms with van der Waals surface area (Å²) in [7, 11) is 0. The molecular weight excluding hydrogens is 544 g/mol. The van der Waals surface area contributed by atoms with Crippen LogP contribution in [0.1, 0.15) is 64.6 Å². The smallest absolute Gasteiger partial charge is 0.128 e. The van der Waals surface area contributed by atoms with Crippen LogP contribution in [0.5, 0.6) is 11.5 Å². The Morgan fingerprint density at radius 3 is 2.57 bits per heavy atom. The number of nitrogens with zero attached hydrogens (tertiary/aromatic N) is 2. The summed E-state index contributed by atoms with van der Waals surface area (Å²) in [5, 5.41) is 19.8. The Morgan fingerprint density at radius 1 is 0.909 bits per heavy atom. The highest BCUT2D eigenvalue weighted by Crippen LogP contribution is 2.55. The number of piperidine rings is 1. The summed E-state index contributed by atoms with van der Waals surface area (Å²) in [6, 6.07) is 29.0. The van der Waals surface area contributed by atoms with E-state index in [0.29, 0.717) is 24.7 Å². The van der Waals surface area contributed by atoms with Gasteiger partial charge in [-0.3, -0.25) is 4.90 Å². The lowest BCUT2D eigenvalue weighted by Gasteiger charge is -2.36. The van der Waals surface area contributed by atoms with Gasteiger partial charge in [0.25, 0.3) is 0 Å². The lowest BCUT2D eigenvalue weighted by molar-refractivity contribution is 0.0640. The Morgan fingerprint density at radius 2 is 1.73 bits per heavy atom. The van der Waals surface area contributed by atoms with Gasteiger partial charge in [0.2, 0.25) is 0 Å². The number of likely N-dealkylation sites (tertiary alicyclic amines) is 1. The number of aliphatic hydroxyl groups is 1. The van der Waals surface area contributed by atoms with Gasteiger partial charge in [-0.1, -0.05) is 60.7 Å². The molecule has 7 rings (SSSR count). The van der Waals surface area contributed by atoms with Gasteiger partial charge in [-0.15, -0.1) is 0 Å². The molecule has 5 heteroatoms. The summed E-state index contributed by atoms with van der Waals surface area (Å²) >= 11 is 0. The van der Waals surface area contributed by atoms with Gasteiger partial charge in [-0.05, 0) is 109 Å². The molecule has 5 nitrogen and oxygen atoms in total. The number of ether oxygens (including phenoxy) is 2. The summed E-state index contributed by atoms with van der Waals surface area (Å²) in [6.07, 6.45) is 6.58. The fourth-order valence-corrected chi connectivity index (χ4v) is 7.64. The second-order valence-electron chi connectivity index (χ2n) is 12.7. The minimum Gasteiger partial charge on any atom is -0.488 e. The van der Waals surface area contributed by atoms with Crippen molar-refractivity contribution in [1.29, 1.82) is 5.26 Å². The van der Waals surface area contributed by atoms with E-state index >= 15 is 0 Å². The van der Waals surface area contributed by atoms with Crippen molar-refractivity contribution in [3.8, 4) is 28.7 Å². The third-order valence-electron chi connectivity index (χ3n) is 10.2. The van der Waals surface area contributed by atoms with E-state index in [0.717, 1.165) is 55.8 Å². The first kappa shape index (κ1) is 28.6. The molecule has 1 aliphatic heterocycles. The van der Waals surface area contributed by atoms with E-state index in [1.807, 2.05) is 30.3 Å². The molecule has 1 heterocycles. The maximum atomic E-state index is 10.4. The van der Waals surface area contributed by atoms with E-state index in [1.54, 1.807) is 0 Å². The van der Waals surface area contributed by atoms with Crippen molar-refractivity contribution >= 4 is 0 Å². The van der Waals surface area contributed by atoms with Crippen LogP contribution in [0.25, 0.3) is 11.1 Å². The molecule has 44 heavy (non-hydrogen) atoms. The maximum Gasteiger partial charge on any atom is 0.128 e. The standard InChI is InChI=1S/C39H40N2O3/c1-27-31(13-6-15-33(27)30-11-3-2-4-12-30)25-44-37-20-38(43-24-29-10-5-9-28(19-29)22-40)36(34-16-7-17-35(34)37)23-41-18-8-14-32-21-39(32,41)26-42/h2-6,9-13,15,19-20,32,42H,7-8,14,16-18,21,23-26H2,1H3. The van der Waals surface area contributed by atoms with Crippen molar-refractivity contribution in [1.82, 2.24) is 4.90 Å². The van der Waals surface area contributed by atoms with E-state index in [1.165, 1.54) is 51.8 Å². The van der Waals surface area contributed by atoms with E-state index in [-0.39, 0.29) is 12.1 Å². The summed E-state index contributed by atoms with van der Waals surface area (Å²) in [5.41, 5.74) is 10.3. The molecule has 0 spiro atoms. The fraction of sp³-hybridized carbons (Fsp3) is 0.359. The number of hydrogen-bond donors (Lipinski definition) is 1. The van der Waals surface area contributed by atoms with Crippen molar-refractivity contribution in [3.63, 3.8) is 0 Å². The van der Waals surface area contributed by atoms with Gasteiger partial charge >= 0.3 is 0 Å².